The third-order valence-electron chi connectivity index (χ3n) is 6.34. The Morgan fingerprint density at radius 3 is 2.50 bits per heavy atom. The summed E-state index contributed by atoms with van der Waals surface area (Å²) in [5, 5.41) is 12.1. The number of carbonyl (C=O) groups is 1. The van der Waals surface area contributed by atoms with Crippen molar-refractivity contribution in [1.82, 2.24) is 29.9 Å². The Bertz CT molecular complexity index is 1040. The van der Waals surface area contributed by atoms with Gasteiger partial charge in [0.25, 0.3) is 5.91 Å². The molecule has 2 aliphatic rings. The van der Waals surface area contributed by atoms with Gasteiger partial charge >= 0.3 is 0 Å². The van der Waals surface area contributed by atoms with E-state index in [1.807, 2.05) is 9.58 Å². The van der Waals surface area contributed by atoms with Crippen LogP contribution in [0.4, 0.5) is 0 Å². The number of benzene rings is 1. The van der Waals surface area contributed by atoms with Crippen LogP contribution in [0.1, 0.15) is 77.7 Å². The monoisotopic (exact) mass is 404 g/mol. The number of H-pyrrole nitrogens is 1. The highest BCUT2D eigenvalue weighted by molar-refractivity contribution is 5.95. The number of rotatable bonds is 5. The quantitative estimate of drug-likeness (QED) is 0.702. The molecule has 1 aliphatic carbocycles. The normalized spacial score (nSPS) is 17.5. The number of nitrogens with one attached hydrogen (secondary N) is 1. The zero-order valence-electron chi connectivity index (χ0n) is 17.6. The molecule has 3 heterocycles. The zero-order valence-corrected chi connectivity index (χ0v) is 17.6. The number of likely N-dealkylation sites (tertiary alicyclic amines) is 1. The summed E-state index contributed by atoms with van der Waals surface area (Å²) >= 11 is 0. The number of hydrogen-bond acceptors (Lipinski definition) is 4. The molecule has 1 saturated heterocycles. The first kappa shape index (κ1) is 19.0. The fourth-order valence-electron chi connectivity index (χ4n) is 4.32. The summed E-state index contributed by atoms with van der Waals surface area (Å²) in [7, 11) is 0. The van der Waals surface area contributed by atoms with Crippen LogP contribution in [-0.4, -0.2) is 48.9 Å². The maximum absolute atomic E-state index is 13.3. The standard InChI is InChI=1S/C23H28N6O/c1-3-20-19(14-24-29(20)18-8-4-15(2)5-9-18)23(30)28-12-10-17(11-13-28)22-25-21(26-27-22)16-6-7-16/h4-5,8-9,14,16-17H,3,6-7,10-13H2,1-2H3,(H,25,26,27). The van der Waals surface area contributed by atoms with Crippen LogP contribution >= 0.6 is 0 Å². The summed E-state index contributed by atoms with van der Waals surface area (Å²) in [5.74, 6) is 2.97. The van der Waals surface area contributed by atoms with E-state index in [9.17, 15) is 4.79 Å². The molecule has 156 valence electrons. The van der Waals surface area contributed by atoms with Crippen molar-refractivity contribution in [3.8, 4) is 5.69 Å². The Hall–Kier alpha value is -2.96. The molecule has 7 nitrogen and oxygen atoms in total. The third kappa shape index (κ3) is 3.53. The van der Waals surface area contributed by atoms with Gasteiger partial charge in [-0.2, -0.15) is 10.2 Å². The van der Waals surface area contributed by atoms with Gasteiger partial charge in [-0.15, -0.1) is 0 Å². The number of carbonyl (C=O) groups excluding carboxylic acids is 1. The highest BCUT2D eigenvalue weighted by atomic mass is 16.2. The van der Waals surface area contributed by atoms with Gasteiger partial charge in [0.05, 0.1) is 23.1 Å². The fraction of sp³-hybridized carbons (Fsp3) is 0.478. The third-order valence-corrected chi connectivity index (χ3v) is 6.34. The molecule has 1 N–H and O–H groups in total. The van der Waals surface area contributed by atoms with Crippen LogP contribution in [0.2, 0.25) is 0 Å². The lowest BCUT2D eigenvalue weighted by Gasteiger charge is -2.31. The lowest BCUT2D eigenvalue weighted by molar-refractivity contribution is 0.0710. The summed E-state index contributed by atoms with van der Waals surface area (Å²) in [6.45, 7) is 5.62. The highest BCUT2D eigenvalue weighted by Gasteiger charge is 2.31. The van der Waals surface area contributed by atoms with E-state index in [0.717, 1.165) is 55.4 Å². The molecule has 0 unspecified atom stereocenters. The number of piperidine rings is 1. The minimum atomic E-state index is 0.0832. The molecule has 2 fully saturated rings. The van der Waals surface area contributed by atoms with E-state index in [1.165, 1.54) is 18.4 Å². The minimum absolute atomic E-state index is 0.0832. The van der Waals surface area contributed by atoms with Gasteiger partial charge in [-0.1, -0.05) is 24.6 Å². The molecule has 3 aromatic rings. The predicted molar refractivity (Wildman–Crippen MR) is 114 cm³/mol. The van der Waals surface area contributed by atoms with Crippen LogP contribution in [0.15, 0.2) is 30.5 Å². The SMILES string of the molecule is CCc1c(C(=O)N2CCC(c3nc(C4CC4)n[nH]3)CC2)cnn1-c1ccc(C)cc1. The number of aryl methyl sites for hydroxylation is 1. The summed E-state index contributed by atoms with van der Waals surface area (Å²) in [6.07, 6.45) is 6.73. The molecular weight excluding hydrogens is 376 g/mol. The van der Waals surface area contributed by atoms with Gasteiger partial charge in [-0.05, 0) is 51.2 Å². The predicted octanol–water partition coefficient (Wildman–Crippen LogP) is 3.76. The summed E-state index contributed by atoms with van der Waals surface area (Å²) in [5.41, 5.74) is 3.88. The number of amides is 1. The van der Waals surface area contributed by atoms with Crippen molar-refractivity contribution in [3.63, 3.8) is 0 Å². The largest absolute Gasteiger partial charge is 0.338 e. The second kappa shape index (κ2) is 7.70. The van der Waals surface area contributed by atoms with Crippen molar-refractivity contribution >= 4 is 5.91 Å². The topological polar surface area (TPSA) is 79.7 Å². The van der Waals surface area contributed by atoms with Crippen LogP contribution < -0.4 is 0 Å². The molecule has 5 rings (SSSR count). The summed E-state index contributed by atoms with van der Waals surface area (Å²) in [6, 6.07) is 8.24. The smallest absolute Gasteiger partial charge is 0.257 e. The highest BCUT2D eigenvalue weighted by Crippen LogP contribution is 2.38. The molecule has 1 aliphatic heterocycles. The molecule has 2 aromatic heterocycles. The first-order valence-corrected chi connectivity index (χ1v) is 11.0. The lowest BCUT2D eigenvalue weighted by atomic mass is 9.95. The maximum Gasteiger partial charge on any atom is 0.257 e. The Morgan fingerprint density at radius 1 is 1.10 bits per heavy atom. The molecule has 1 amide bonds. The van der Waals surface area contributed by atoms with Crippen molar-refractivity contribution in [2.75, 3.05) is 13.1 Å². The van der Waals surface area contributed by atoms with Gasteiger partial charge in [0.2, 0.25) is 0 Å². The van der Waals surface area contributed by atoms with Gasteiger partial charge < -0.3 is 4.90 Å². The number of aromatic amines is 1. The molecule has 1 saturated carbocycles. The molecule has 0 spiro atoms. The van der Waals surface area contributed by atoms with E-state index in [-0.39, 0.29) is 5.91 Å². The van der Waals surface area contributed by atoms with Crippen LogP contribution in [0, 0.1) is 6.92 Å². The molecule has 30 heavy (non-hydrogen) atoms. The van der Waals surface area contributed by atoms with E-state index in [0.29, 0.717) is 17.4 Å². The van der Waals surface area contributed by atoms with Gasteiger partial charge in [0.15, 0.2) is 5.82 Å². The minimum Gasteiger partial charge on any atom is -0.338 e. The van der Waals surface area contributed by atoms with Crippen molar-refractivity contribution in [2.45, 2.75) is 57.8 Å². The van der Waals surface area contributed by atoms with Crippen molar-refractivity contribution in [3.05, 3.63) is 58.9 Å². The first-order chi connectivity index (χ1) is 14.6. The van der Waals surface area contributed by atoms with E-state index in [2.05, 4.69) is 53.4 Å². The second-order valence-corrected chi connectivity index (χ2v) is 8.53. The van der Waals surface area contributed by atoms with E-state index < -0.39 is 0 Å². The van der Waals surface area contributed by atoms with Crippen molar-refractivity contribution in [1.29, 1.82) is 0 Å². The lowest BCUT2D eigenvalue weighted by Crippen LogP contribution is -2.38. The van der Waals surface area contributed by atoms with E-state index >= 15 is 0 Å². The second-order valence-electron chi connectivity index (χ2n) is 8.53. The molecular formula is C23H28N6O. The van der Waals surface area contributed by atoms with Gasteiger partial charge in [0.1, 0.15) is 5.82 Å². The number of aromatic nitrogens is 5. The van der Waals surface area contributed by atoms with Crippen molar-refractivity contribution < 1.29 is 4.79 Å². The van der Waals surface area contributed by atoms with E-state index in [1.54, 1.807) is 6.20 Å². The van der Waals surface area contributed by atoms with Crippen molar-refractivity contribution in [2.24, 2.45) is 0 Å². The Labute approximate surface area is 176 Å². The van der Waals surface area contributed by atoms with Gasteiger partial charge in [-0.3, -0.25) is 9.89 Å². The molecule has 0 radical (unpaired) electrons. The Balaban J connectivity index is 1.29. The van der Waals surface area contributed by atoms with Crippen LogP contribution in [0.3, 0.4) is 0 Å². The van der Waals surface area contributed by atoms with Crippen LogP contribution in [-0.2, 0) is 6.42 Å². The molecule has 0 atom stereocenters. The Morgan fingerprint density at radius 2 is 1.83 bits per heavy atom. The molecule has 0 bridgehead atoms. The maximum atomic E-state index is 13.3. The summed E-state index contributed by atoms with van der Waals surface area (Å²) < 4.78 is 1.90. The fourth-order valence-corrected chi connectivity index (χ4v) is 4.32. The average molecular weight is 405 g/mol. The number of nitrogens with zero attached hydrogens (tertiary/aromatic N) is 5. The van der Waals surface area contributed by atoms with Gasteiger partial charge in [0, 0.05) is 24.9 Å². The summed E-state index contributed by atoms with van der Waals surface area (Å²) in [4.78, 5) is 19.9. The Kier molecular flexibility index (Phi) is 4.89. The number of hydrogen-bond donors (Lipinski definition) is 1. The molecule has 7 heteroatoms. The zero-order chi connectivity index (χ0) is 20.7. The molecule has 1 aromatic carbocycles. The average Bonchev–Trinajstić information content (AvgIpc) is 3.35. The first-order valence-electron chi connectivity index (χ1n) is 11.0. The van der Waals surface area contributed by atoms with Crippen LogP contribution in [0.5, 0.6) is 0 Å². The van der Waals surface area contributed by atoms with E-state index in [4.69, 9.17) is 4.98 Å². The van der Waals surface area contributed by atoms with Crippen LogP contribution in [0.25, 0.3) is 5.69 Å². The van der Waals surface area contributed by atoms with Gasteiger partial charge in [-0.25, -0.2) is 9.67 Å².